The van der Waals surface area contributed by atoms with Crippen molar-refractivity contribution in [2.75, 3.05) is 5.32 Å². The Morgan fingerprint density at radius 1 is 1.18 bits per heavy atom. The van der Waals surface area contributed by atoms with Gasteiger partial charge in [0, 0.05) is 34.0 Å². The Morgan fingerprint density at radius 3 is 2.64 bits per heavy atom. The van der Waals surface area contributed by atoms with Crippen molar-refractivity contribution in [3.63, 3.8) is 0 Å². The number of rotatable bonds is 8. The van der Waals surface area contributed by atoms with Gasteiger partial charge in [-0.25, -0.2) is 4.98 Å². The van der Waals surface area contributed by atoms with Crippen LogP contribution in [0.1, 0.15) is 43.4 Å². The molecule has 1 aromatic heterocycles. The fourth-order valence-corrected chi connectivity index (χ4v) is 3.15. The van der Waals surface area contributed by atoms with Crippen LogP contribution in [0.15, 0.2) is 73.0 Å². The van der Waals surface area contributed by atoms with Crippen molar-refractivity contribution < 1.29 is 9.59 Å². The first-order valence-corrected chi connectivity index (χ1v) is 11.2. The van der Waals surface area contributed by atoms with E-state index in [2.05, 4.69) is 20.6 Å². The molecule has 0 fully saturated rings. The molecule has 0 radical (unpaired) electrons. The second-order valence-corrected chi connectivity index (χ2v) is 8.01. The van der Waals surface area contributed by atoms with Crippen LogP contribution in [0.5, 0.6) is 0 Å². The lowest BCUT2D eigenvalue weighted by molar-refractivity contribution is -0.123. The summed E-state index contributed by atoms with van der Waals surface area (Å²) in [5.41, 5.74) is 3.52. The van der Waals surface area contributed by atoms with Crippen molar-refractivity contribution in [1.82, 2.24) is 15.3 Å². The highest BCUT2D eigenvalue weighted by Gasteiger charge is 2.11. The van der Waals surface area contributed by atoms with Crippen LogP contribution in [0.4, 0.5) is 5.69 Å². The summed E-state index contributed by atoms with van der Waals surface area (Å²) in [7, 11) is 0. The van der Waals surface area contributed by atoms with E-state index in [4.69, 9.17) is 11.6 Å². The Hall–Kier alpha value is -3.64. The van der Waals surface area contributed by atoms with Crippen LogP contribution in [0.25, 0.3) is 16.6 Å². The van der Waals surface area contributed by atoms with Gasteiger partial charge < -0.3 is 15.6 Å². The summed E-state index contributed by atoms with van der Waals surface area (Å²) < 4.78 is 0. The van der Waals surface area contributed by atoms with Crippen molar-refractivity contribution in [3.05, 3.63) is 89.4 Å². The number of amides is 2. The molecular formula is C26H27ClN4O2. The van der Waals surface area contributed by atoms with E-state index in [1.807, 2.05) is 45.1 Å². The number of H-pyrrole nitrogens is 1. The molecule has 3 aromatic rings. The third kappa shape index (κ3) is 6.43. The molecule has 0 bridgehead atoms. The summed E-state index contributed by atoms with van der Waals surface area (Å²) >= 11 is 5.90. The Kier molecular flexibility index (Phi) is 8.22. The van der Waals surface area contributed by atoms with Gasteiger partial charge in [0.1, 0.15) is 5.82 Å². The number of fused-ring (bicyclic) bond motifs is 1. The highest BCUT2D eigenvalue weighted by Crippen LogP contribution is 2.21. The molecule has 1 unspecified atom stereocenters. The second kappa shape index (κ2) is 11.3. The number of aromatic amines is 1. The van der Waals surface area contributed by atoms with Gasteiger partial charge in [-0.15, -0.1) is 0 Å². The standard InChI is InChI=1S/C26H27ClN4O2/c1-4-7-18(8-6-15-28-25(32)17(3)5-2)24-30-22-14-9-19(16-23(22)31-24)26(33)29-21-12-10-20(27)11-13-21/h4,6-17H,5H2,1-3H3,(H,28,32)(H,29,33)(H,30,31)/b7-4-,15-6+,18-8+. The van der Waals surface area contributed by atoms with Crippen LogP contribution in [0, 0.1) is 5.92 Å². The van der Waals surface area contributed by atoms with E-state index in [-0.39, 0.29) is 17.7 Å². The van der Waals surface area contributed by atoms with E-state index >= 15 is 0 Å². The molecule has 3 rings (SSSR count). The van der Waals surface area contributed by atoms with Gasteiger partial charge >= 0.3 is 0 Å². The molecule has 0 aliphatic heterocycles. The number of carbonyl (C=O) groups is 2. The SMILES string of the molecule is C\C=C/C(=C\C=C\NC(=O)C(C)CC)c1nc2ccc(C(=O)Nc3ccc(Cl)cc3)cc2[nH]1. The van der Waals surface area contributed by atoms with Gasteiger partial charge in [-0.1, -0.05) is 37.6 Å². The van der Waals surface area contributed by atoms with E-state index in [0.29, 0.717) is 22.1 Å². The third-order valence-corrected chi connectivity index (χ3v) is 5.38. The maximum atomic E-state index is 12.6. The van der Waals surface area contributed by atoms with E-state index in [1.54, 1.807) is 48.7 Å². The van der Waals surface area contributed by atoms with Gasteiger partial charge in [-0.3, -0.25) is 9.59 Å². The number of hydrogen-bond donors (Lipinski definition) is 3. The number of imidazole rings is 1. The fraction of sp³-hybridized carbons (Fsp3) is 0.192. The average molecular weight is 463 g/mol. The van der Waals surface area contributed by atoms with Crippen LogP contribution in [-0.2, 0) is 4.79 Å². The minimum absolute atomic E-state index is 0.0112. The first-order chi connectivity index (χ1) is 15.9. The number of halogens is 1. The van der Waals surface area contributed by atoms with Gasteiger partial charge in [0.05, 0.1) is 11.0 Å². The molecule has 7 heteroatoms. The molecule has 33 heavy (non-hydrogen) atoms. The summed E-state index contributed by atoms with van der Waals surface area (Å²) in [6.45, 7) is 5.79. The predicted octanol–water partition coefficient (Wildman–Crippen LogP) is 6.10. The minimum Gasteiger partial charge on any atom is -0.338 e. The summed E-state index contributed by atoms with van der Waals surface area (Å²) in [6, 6.07) is 12.3. The topological polar surface area (TPSA) is 86.9 Å². The number of allylic oxidation sites excluding steroid dienone is 5. The molecular weight excluding hydrogens is 436 g/mol. The van der Waals surface area contributed by atoms with E-state index in [9.17, 15) is 9.59 Å². The molecule has 6 nitrogen and oxygen atoms in total. The van der Waals surface area contributed by atoms with Crippen LogP contribution < -0.4 is 10.6 Å². The summed E-state index contributed by atoms with van der Waals surface area (Å²) in [6.07, 6.45) is 9.89. The predicted molar refractivity (Wildman–Crippen MR) is 135 cm³/mol. The van der Waals surface area contributed by atoms with Crippen molar-refractivity contribution in [2.45, 2.75) is 27.2 Å². The van der Waals surface area contributed by atoms with Crippen molar-refractivity contribution >= 4 is 45.7 Å². The lowest BCUT2D eigenvalue weighted by Crippen LogP contribution is -2.23. The number of carbonyl (C=O) groups excluding carboxylic acids is 2. The lowest BCUT2D eigenvalue weighted by Gasteiger charge is -2.05. The van der Waals surface area contributed by atoms with Gasteiger partial charge in [-0.2, -0.15) is 0 Å². The number of hydrogen-bond acceptors (Lipinski definition) is 3. The first-order valence-electron chi connectivity index (χ1n) is 10.8. The highest BCUT2D eigenvalue weighted by molar-refractivity contribution is 6.30. The van der Waals surface area contributed by atoms with Gasteiger partial charge in [0.25, 0.3) is 5.91 Å². The third-order valence-electron chi connectivity index (χ3n) is 5.12. The molecule has 0 saturated carbocycles. The Bertz CT molecular complexity index is 1220. The van der Waals surface area contributed by atoms with E-state index in [1.165, 1.54) is 0 Å². The van der Waals surface area contributed by atoms with E-state index in [0.717, 1.165) is 23.0 Å². The number of aromatic nitrogens is 2. The highest BCUT2D eigenvalue weighted by atomic mass is 35.5. The molecule has 0 spiro atoms. The Labute approximate surface area is 198 Å². The molecule has 3 N–H and O–H groups in total. The summed E-state index contributed by atoms with van der Waals surface area (Å²) in [5.74, 6) is 0.397. The monoisotopic (exact) mass is 462 g/mol. The largest absolute Gasteiger partial charge is 0.338 e. The molecule has 170 valence electrons. The van der Waals surface area contributed by atoms with Gasteiger partial charge in [-0.05, 0) is 68.0 Å². The van der Waals surface area contributed by atoms with Crippen molar-refractivity contribution in [2.24, 2.45) is 5.92 Å². The van der Waals surface area contributed by atoms with Crippen molar-refractivity contribution in [1.29, 1.82) is 0 Å². The van der Waals surface area contributed by atoms with Crippen LogP contribution >= 0.6 is 11.6 Å². The maximum absolute atomic E-state index is 12.6. The van der Waals surface area contributed by atoms with Crippen LogP contribution in [0.3, 0.4) is 0 Å². The van der Waals surface area contributed by atoms with Crippen LogP contribution in [0.2, 0.25) is 5.02 Å². The van der Waals surface area contributed by atoms with Gasteiger partial charge in [0.2, 0.25) is 5.91 Å². The quantitative estimate of drug-likeness (QED) is 0.353. The number of nitrogens with zero attached hydrogens (tertiary/aromatic N) is 1. The number of nitrogens with one attached hydrogen (secondary N) is 3. The zero-order valence-electron chi connectivity index (χ0n) is 18.9. The smallest absolute Gasteiger partial charge is 0.255 e. The Balaban J connectivity index is 1.78. The fourth-order valence-electron chi connectivity index (χ4n) is 3.03. The number of benzene rings is 2. The minimum atomic E-state index is -0.223. The molecule has 2 aromatic carbocycles. The maximum Gasteiger partial charge on any atom is 0.255 e. The molecule has 0 aliphatic carbocycles. The van der Waals surface area contributed by atoms with Crippen molar-refractivity contribution in [3.8, 4) is 0 Å². The average Bonchev–Trinajstić information content (AvgIpc) is 3.25. The molecule has 0 aliphatic rings. The summed E-state index contributed by atoms with van der Waals surface area (Å²) in [4.78, 5) is 32.4. The van der Waals surface area contributed by atoms with Crippen LogP contribution in [-0.4, -0.2) is 21.8 Å². The Morgan fingerprint density at radius 2 is 1.94 bits per heavy atom. The normalized spacial score (nSPS) is 13.0. The molecule has 2 amide bonds. The zero-order chi connectivity index (χ0) is 23.8. The molecule has 1 heterocycles. The molecule has 0 saturated heterocycles. The van der Waals surface area contributed by atoms with E-state index < -0.39 is 0 Å². The number of anilines is 1. The van der Waals surface area contributed by atoms with Gasteiger partial charge in [0.15, 0.2) is 0 Å². The zero-order valence-corrected chi connectivity index (χ0v) is 19.6. The second-order valence-electron chi connectivity index (χ2n) is 7.58. The molecule has 1 atom stereocenters. The lowest BCUT2D eigenvalue weighted by atomic mass is 10.1. The summed E-state index contributed by atoms with van der Waals surface area (Å²) in [5, 5.41) is 6.25. The first kappa shape index (κ1) is 24.0.